The number of hydrogen-bond donors (Lipinski definition) is 1. The van der Waals surface area contributed by atoms with Crippen molar-refractivity contribution in [2.45, 2.75) is 32.0 Å². The van der Waals surface area contributed by atoms with Gasteiger partial charge in [-0.3, -0.25) is 4.79 Å². The molecule has 1 aromatic heterocycles. The lowest BCUT2D eigenvalue weighted by Crippen LogP contribution is -2.27. The van der Waals surface area contributed by atoms with Crippen LogP contribution in [-0.4, -0.2) is 30.8 Å². The second kappa shape index (κ2) is 5.88. The van der Waals surface area contributed by atoms with Crippen molar-refractivity contribution in [1.29, 1.82) is 0 Å². The molecule has 0 fully saturated rings. The van der Waals surface area contributed by atoms with Gasteiger partial charge in [-0.2, -0.15) is 0 Å². The van der Waals surface area contributed by atoms with Gasteiger partial charge in [-0.1, -0.05) is 11.2 Å². The third-order valence-electron chi connectivity index (χ3n) is 3.23. The first kappa shape index (κ1) is 16.2. The number of aromatic nitrogens is 2. The standard InChI is InChI=1S/C14H17N3O4S/c1-8-5-6-11(7-9(8)2)12(18)15-10(3)13-16-17-14(21-13)22(4,19)20/h5-7,10H,1-4H3,(H,15,18)/t10-/m0/s1. The number of aryl methyl sites for hydroxylation is 2. The predicted molar refractivity (Wildman–Crippen MR) is 79.2 cm³/mol. The Balaban J connectivity index is 2.14. The molecule has 0 bridgehead atoms. The Hall–Kier alpha value is -2.22. The molecule has 0 saturated carbocycles. The Morgan fingerprint density at radius 3 is 2.45 bits per heavy atom. The van der Waals surface area contributed by atoms with E-state index in [4.69, 9.17) is 4.42 Å². The largest absolute Gasteiger partial charge is 0.410 e. The molecule has 0 aliphatic heterocycles. The van der Waals surface area contributed by atoms with Crippen LogP contribution in [0.1, 0.15) is 40.3 Å². The summed E-state index contributed by atoms with van der Waals surface area (Å²) in [5.74, 6) is -0.257. The molecule has 0 unspecified atom stereocenters. The molecular weight excluding hydrogens is 306 g/mol. The zero-order valence-corrected chi connectivity index (χ0v) is 13.6. The zero-order valence-electron chi connectivity index (χ0n) is 12.7. The van der Waals surface area contributed by atoms with Crippen LogP contribution in [-0.2, 0) is 9.84 Å². The molecule has 1 aromatic carbocycles. The first-order chi connectivity index (χ1) is 10.2. The zero-order chi connectivity index (χ0) is 16.5. The number of carbonyl (C=O) groups is 1. The van der Waals surface area contributed by atoms with E-state index in [9.17, 15) is 13.2 Å². The number of nitrogens with one attached hydrogen (secondary N) is 1. The molecule has 1 N–H and O–H groups in total. The number of sulfone groups is 1. The summed E-state index contributed by atoms with van der Waals surface area (Å²) in [6.07, 6.45) is 0.975. The van der Waals surface area contributed by atoms with Crippen molar-refractivity contribution in [3.8, 4) is 0 Å². The SMILES string of the molecule is Cc1ccc(C(=O)N[C@@H](C)c2nnc(S(C)(=O)=O)o2)cc1C. The normalized spacial score (nSPS) is 12.9. The van der Waals surface area contributed by atoms with Crippen molar-refractivity contribution in [3.05, 3.63) is 40.8 Å². The van der Waals surface area contributed by atoms with Crippen molar-refractivity contribution in [2.75, 3.05) is 6.26 Å². The number of hydrogen-bond acceptors (Lipinski definition) is 6. The fraction of sp³-hybridized carbons (Fsp3) is 0.357. The van der Waals surface area contributed by atoms with Crippen LogP contribution in [0, 0.1) is 13.8 Å². The fourth-order valence-electron chi connectivity index (χ4n) is 1.77. The molecule has 2 aromatic rings. The van der Waals surface area contributed by atoms with Crippen LogP contribution in [0.2, 0.25) is 0 Å². The van der Waals surface area contributed by atoms with E-state index >= 15 is 0 Å². The number of carbonyl (C=O) groups excluding carboxylic acids is 1. The molecule has 0 saturated heterocycles. The summed E-state index contributed by atoms with van der Waals surface area (Å²) in [5.41, 5.74) is 2.62. The fourth-order valence-corrected chi connectivity index (χ4v) is 2.20. The summed E-state index contributed by atoms with van der Waals surface area (Å²) < 4.78 is 27.7. The number of amides is 1. The van der Waals surface area contributed by atoms with Gasteiger partial charge in [0.05, 0.1) is 0 Å². The maximum atomic E-state index is 12.2. The maximum absolute atomic E-state index is 12.2. The van der Waals surface area contributed by atoms with Crippen molar-refractivity contribution in [2.24, 2.45) is 0 Å². The van der Waals surface area contributed by atoms with E-state index in [0.717, 1.165) is 17.4 Å². The van der Waals surface area contributed by atoms with Gasteiger partial charge >= 0.3 is 5.22 Å². The third-order valence-corrected chi connectivity index (χ3v) is 4.03. The quantitative estimate of drug-likeness (QED) is 0.916. The van der Waals surface area contributed by atoms with Gasteiger partial charge in [0.25, 0.3) is 5.91 Å². The van der Waals surface area contributed by atoms with Gasteiger partial charge in [0.2, 0.25) is 15.7 Å². The van der Waals surface area contributed by atoms with Crippen LogP contribution in [0.25, 0.3) is 0 Å². The minimum atomic E-state index is -3.56. The minimum absolute atomic E-state index is 0.0395. The Morgan fingerprint density at radius 2 is 1.91 bits per heavy atom. The summed E-state index contributed by atoms with van der Waals surface area (Å²) >= 11 is 0. The van der Waals surface area contributed by atoms with Crippen molar-refractivity contribution in [3.63, 3.8) is 0 Å². The Labute approximate surface area is 128 Å². The molecule has 1 amide bonds. The lowest BCUT2D eigenvalue weighted by molar-refractivity contribution is 0.0933. The average molecular weight is 323 g/mol. The van der Waals surface area contributed by atoms with E-state index < -0.39 is 21.1 Å². The van der Waals surface area contributed by atoms with Gasteiger partial charge in [-0.05, 0) is 44.0 Å². The highest BCUT2D eigenvalue weighted by Crippen LogP contribution is 2.15. The average Bonchev–Trinajstić information content (AvgIpc) is 2.91. The Morgan fingerprint density at radius 1 is 1.23 bits per heavy atom. The summed E-state index contributed by atoms with van der Waals surface area (Å²) in [4.78, 5) is 12.2. The van der Waals surface area contributed by atoms with E-state index in [0.29, 0.717) is 5.56 Å². The van der Waals surface area contributed by atoms with Gasteiger partial charge in [0.15, 0.2) is 0 Å². The molecule has 0 radical (unpaired) electrons. The smallest absolute Gasteiger partial charge is 0.335 e. The molecular formula is C14H17N3O4S. The molecule has 2 rings (SSSR count). The molecule has 1 heterocycles. The Kier molecular flexibility index (Phi) is 4.32. The number of rotatable bonds is 4. The monoisotopic (exact) mass is 323 g/mol. The second-order valence-corrected chi connectivity index (χ2v) is 7.07. The van der Waals surface area contributed by atoms with Crippen LogP contribution in [0.15, 0.2) is 27.8 Å². The van der Waals surface area contributed by atoms with Crippen LogP contribution >= 0.6 is 0 Å². The number of benzene rings is 1. The molecule has 118 valence electrons. The molecule has 1 atom stereocenters. The third kappa shape index (κ3) is 3.51. The summed E-state index contributed by atoms with van der Waals surface area (Å²) in [6.45, 7) is 5.52. The molecule has 0 spiro atoms. The summed E-state index contributed by atoms with van der Waals surface area (Å²) in [7, 11) is -3.56. The van der Waals surface area contributed by atoms with Gasteiger partial charge in [0, 0.05) is 11.8 Å². The molecule has 22 heavy (non-hydrogen) atoms. The summed E-state index contributed by atoms with van der Waals surface area (Å²) in [5, 5.41) is 9.34. The molecule has 8 heteroatoms. The summed E-state index contributed by atoms with van der Waals surface area (Å²) in [6, 6.07) is 4.77. The molecule has 0 aliphatic rings. The Bertz CT molecular complexity index is 811. The van der Waals surface area contributed by atoms with Crippen molar-refractivity contribution < 1.29 is 17.6 Å². The van der Waals surface area contributed by atoms with E-state index in [2.05, 4.69) is 15.5 Å². The highest BCUT2D eigenvalue weighted by Gasteiger charge is 2.21. The van der Waals surface area contributed by atoms with Crippen LogP contribution in [0.3, 0.4) is 0 Å². The number of nitrogens with zero attached hydrogens (tertiary/aromatic N) is 2. The highest BCUT2D eigenvalue weighted by atomic mass is 32.2. The topological polar surface area (TPSA) is 102 Å². The van der Waals surface area contributed by atoms with Crippen molar-refractivity contribution in [1.82, 2.24) is 15.5 Å². The van der Waals surface area contributed by atoms with Gasteiger partial charge in [-0.15, -0.1) is 5.10 Å². The van der Waals surface area contributed by atoms with E-state index in [1.807, 2.05) is 19.9 Å². The van der Waals surface area contributed by atoms with Crippen LogP contribution < -0.4 is 5.32 Å². The minimum Gasteiger partial charge on any atom is -0.410 e. The van der Waals surface area contributed by atoms with Crippen molar-refractivity contribution >= 4 is 15.7 Å². The van der Waals surface area contributed by atoms with Gasteiger partial charge < -0.3 is 9.73 Å². The first-order valence-corrected chi connectivity index (χ1v) is 8.49. The van der Waals surface area contributed by atoms with Gasteiger partial charge in [0.1, 0.15) is 6.04 Å². The second-order valence-electron chi connectivity index (χ2n) is 5.17. The highest BCUT2D eigenvalue weighted by molar-refractivity contribution is 7.90. The predicted octanol–water partition coefficient (Wildman–Crippen LogP) is 1.58. The van der Waals surface area contributed by atoms with E-state index in [1.165, 1.54) is 0 Å². The van der Waals surface area contributed by atoms with Gasteiger partial charge in [-0.25, -0.2) is 8.42 Å². The lowest BCUT2D eigenvalue weighted by atomic mass is 10.1. The van der Waals surface area contributed by atoms with E-state index in [-0.39, 0.29) is 11.8 Å². The maximum Gasteiger partial charge on any atom is 0.335 e. The lowest BCUT2D eigenvalue weighted by Gasteiger charge is -2.11. The van der Waals surface area contributed by atoms with Crippen LogP contribution in [0.4, 0.5) is 0 Å². The first-order valence-electron chi connectivity index (χ1n) is 6.60. The van der Waals surface area contributed by atoms with Crippen LogP contribution in [0.5, 0.6) is 0 Å². The molecule has 0 aliphatic carbocycles. The van der Waals surface area contributed by atoms with E-state index in [1.54, 1.807) is 19.1 Å². The molecule has 7 nitrogen and oxygen atoms in total.